The van der Waals surface area contributed by atoms with Crippen LogP contribution in [0, 0.1) is 128 Å². The Hall–Kier alpha value is -8.10. The van der Waals surface area contributed by atoms with E-state index in [4.69, 9.17) is 10.00 Å². The summed E-state index contributed by atoms with van der Waals surface area (Å²) in [6.45, 7) is 0.716. The number of benzene rings is 7. The summed E-state index contributed by atoms with van der Waals surface area (Å²) in [6.07, 6.45) is -7.22. The fourth-order valence-corrected chi connectivity index (χ4v) is 7.85. The van der Waals surface area contributed by atoms with E-state index in [1.807, 2.05) is 48.5 Å². The standard InChI is InChI=1S/C24BF20.C23H17N2O/c26-5-1(6(27)14(35)21(42)13(5)34)25(2-7(28)15(36)22(43)16(37)8(2)29,3-9(30)17(38)23(44)18(39)10(3)31)4-11(32)19(40)24(45)20(41)12(4)33;24-16-18-10-13-21(14-11-18)26-23-15-12-20-8-4-5-9-22(20)25(23)17-19-6-2-1-3-7-19/h;1-15H,17H2/q-1;+1. The van der Waals surface area contributed by atoms with E-state index in [-0.39, 0.29) is 0 Å². The second kappa shape index (κ2) is 19.4. The largest absolute Gasteiger partial charge is 0.405 e. The second-order valence-electron chi connectivity index (χ2n) is 14.8. The van der Waals surface area contributed by atoms with Gasteiger partial charge in [-0.1, -0.05) is 42.5 Å². The number of fused-ring (bicyclic) bond motifs is 1. The van der Waals surface area contributed by atoms with Gasteiger partial charge in [-0.25, -0.2) is 87.8 Å². The van der Waals surface area contributed by atoms with Gasteiger partial charge in [-0.2, -0.15) is 9.83 Å². The topological polar surface area (TPSA) is 36.9 Å². The molecule has 1 heterocycles. The van der Waals surface area contributed by atoms with Crippen LogP contribution in [0.25, 0.3) is 10.9 Å². The molecule has 71 heavy (non-hydrogen) atoms. The Labute approximate surface area is 383 Å². The zero-order valence-electron chi connectivity index (χ0n) is 34.3. The van der Waals surface area contributed by atoms with Crippen LogP contribution in [0.15, 0.2) is 91.0 Å². The highest BCUT2D eigenvalue weighted by atomic mass is 19.2. The molecule has 24 heteroatoms. The van der Waals surface area contributed by atoms with Gasteiger partial charge in [0.25, 0.3) is 0 Å². The van der Waals surface area contributed by atoms with E-state index >= 15 is 35.1 Å². The molecule has 0 aliphatic heterocycles. The number of hydrogen-bond donors (Lipinski definition) is 0. The lowest BCUT2D eigenvalue weighted by Crippen LogP contribution is -2.81. The van der Waals surface area contributed by atoms with E-state index in [2.05, 4.69) is 41.0 Å². The first kappa shape index (κ1) is 50.8. The molecule has 0 unspecified atom stereocenters. The SMILES string of the molecule is Fc1c(F)c(F)c([B-](c2c(F)c(F)c(F)c(F)c2F)(c2c(F)c(F)c(F)c(F)c2F)c2c(F)c(F)c(F)c(F)c2F)c(F)c1F.N#Cc1ccc(Oc2ccc3ccccc3[n+]2Cc2ccccc2)cc1. The maximum absolute atomic E-state index is 15.4. The average Bonchev–Trinajstić information content (AvgIpc) is 3.37. The molecule has 0 amide bonds. The number of rotatable bonds is 8. The number of halogens is 20. The van der Waals surface area contributed by atoms with Crippen LogP contribution in [0.3, 0.4) is 0 Å². The highest BCUT2D eigenvalue weighted by molar-refractivity contribution is 7.20. The molecular formula is C47H17BF20N2O. The van der Waals surface area contributed by atoms with Crippen LogP contribution in [0.1, 0.15) is 11.1 Å². The minimum atomic E-state index is -7.22. The molecule has 0 saturated carbocycles. The average molecular weight is 1020 g/mol. The maximum Gasteiger partial charge on any atom is 0.374 e. The van der Waals surface area contributed by atoms with Crippen LogP contribution in [0.4, 0.5) is 87.8 Å². The quantitative estimate of drug-likeness (QED) is 0.0500. The van der Waals surface area contributed by atoms with Gasteiger partial charge in [-0.15, -0.1) is 21.9 Å². The van der Waals surface area contributed by atoms with Gasteiger partial charge < -0.3 is 4.74 Å². The Morgan fingerprint density at radius 3 is 1.04 bits per heavy atom. The van der Waals surface area contributed by atoms with E-state index in [1.165, 1.54) is 5.56 Å². The molecule has 0 atom stereocenters. The zero-order chi connectivity index (χ0) is 52.1. The van der Waals surface area contributed by atoms with Crippen molar-refractivity contribution < 1.29 is 97.1 Å². The summed E-state index contributed by atoms with van der Waals surface area (Å²) in [7, 11) is 0. The molecular weight excluding hydrogens is 999 g/mol. The lowest BCUT2D eigenvalue weighted by molar-refractivity contribution is -0.666. The molecule has 0 bridgehead atoms. The molecule has 0 spiro atoms. The van der Waals surface area contributed by atoms with Gasteiger partial charge in [0, 0.05) is 17.0 Å². The summed E-state index contributed by atoms with van der Waals surface area (Å²) in [5, 5.41) is 10.1. The fourth-order valence-electron chi connectivity index (χ4n) is 7.85. The summed E-state index contributed by atoms with van der Waals surface area (Å²) in [5.41, 5.74) is -11.4. The number of nitriles is 1. The van der Waals surface area contributed by atoms with Crippen LogP contribution in [0.5, 0.6) is 11.6 Å². The Bertz CT molecular complexity index is 3120. The van der Waals surface area contributed by atoms with E-state index in [0.717, 1.165) is 16.8 Å². The molecule has 0 aliphatic carbocycles. The third-order valence-corrected chi connectivity index (χ3v) is 11.0. The summed E-state index contributed by atoms with van der Waals surface area (Å²) in [6, 6.07) is 31.9. The molecule has 1 aromatic heterocycles. The van der Waals surface area contributed by atoms with E-state index in [9.17, 15) is 52.7 Å². The first-order chi connectivity index (χ1) is 33.5. The van der Waals surface area contributed by atoms with Crippen LogP contribution in [-0.4, -0.2) is 6.15 Å². The lowest BCUT2D eigenvalue weighted by atomic mass is 9.12. The van der Waals surface area contributed by atoms with Gasteiger partial charge in [0.2, 0.25) is 5.52 Å². The molecule has 8 aromatic rings. The first-order valence-electron chi connectivity index (χ1n) is 19.4. The smallest absolute Gasteiger partial charge is 0.374 e. The Morgan fingerprint density at radius 1 is 0.366 bits per heavy atom. The van der Waals surface area contributed by atoms with Crippen LogP contribution in [-0.2, 0) is 6.54 Å². The minimum absolute atomic E-state index is 0.619. The van der Waals surface area contributed by atoms with Crippen LogP contribution >= 0.6 is 0 Å². The van der Waals surface area contributed by atoms with Crippen molar-refractivity contribution in [2.45, 2.75) is 6.54 Å². The lowest BCUT2D eigenvalue weighted by Gasteiger charge is -2.44. The van der Waals surface area contributed by atoms with Gasteiger partial charge in [-0.3, -0.25) is 0 Å². The number of ether oxygens (including phenoxy) is 1. The summed E-state index contributed by atoms with van der Waals surface area (Å²) < 4.78 is 302. The van der Waals surface area contributed by atoms with E-state index in [1.54, 1.807) is 12.1 Å². The summed E-state index contributed by atoms with van der Waals surface area (Å²) >= 11 is 0. The molecule has 0 N–H and O–H groups in total. The highest BCUT2D eigenvalue weighted by Gasteiger charge is 2.52. The molecule has 0 saturated heterocycles. The summed E-state index contributed by atoms with van der Waals surface area (Å²) in [5.74, 6) is -69.9. The van der Waals surface area contributed by atoms with Gasteiger partial charge in [0.15, 0.2) is 76.4 Å². The van der Waals surface area contributed by atoms with Gasteiger partial charge >= 0.3 is 5.88 Å². The highest BCUT2D eigenvalue weighted by Crippen LogP contribution is 2.31. The molecule has 0 aliphatic rings. The first-order valence-corrected chi connectivity index (χ1v) is 19.4. The van der Waals surface area contributed by atoms with Crippen molar-refractivity contribution in [3.8, 4) is 17.7 Å². The van der Waals surface area contributed by atoms with Crippen molar-refractivity contribution in [1.29, 1.82) is 5.26 Å². The normalized spacial score (nSPS) is 11.4. The molecule has 3 nitrogen and oxygen atoms in total. The zero-order valence-corrected chi connectivity index (χ0v) is 34.3. The number of hydrogen-bond acceptors (Lipinski definition) is 2. The van der Waals surface area contributed by atoms with Crippen molar-refractivity contribution in [3.63, 3.8) is 0 Å². The van der Waals surface area contributed by atoms with Crippen molar-refractivity contribution in [1.82, 2.24) is 0 Å². The van der Waals surface area contributed by atoms with Crippen molar-refractivity contribution in [2.75, 3.05) is 0 Å². The predicted molar refractivity (Wildman–Crippen MR) is 210 cm³/mol. The molecule has 0 fully saturated rings. The van der Waals surface area contributed by atoms with Gasteiger partial charge in [0.1, 0.15) is 58.4 Å². The van der Waals surface area contributed by atoms with Gasteiger partial charge in [-0.05, 0) is 36.4 Å². The van der Waals surface area contributed by atoms with Crippen LogP contribution < -0.4 is 31.2 Å². The third kappa shape index (κ3) is 8.27. The number of aromatic nitrogens is 1. The second-order valence-corrected chi connectivity index (χ2v) is 14.8. The van der Waals surface area contributed by atoms with E-state index in [0.29, 0.717) is 17.9 Å². The summed E-state index contributed by atoms with van der Waals surface area (Å²) in [4.78, 5) is 0. The predicted octanol–water partition coefficient (Wildman–Crippen LogP) is 10.7. The third-order valence-electron chi connectivity index (χ3n) is 11.0. The number of para-hydroxylation sites is 1. The number of pyridine rings is 1. The molecule has 8 rings (SSSR count). The van der Waals surface area contributed by atoms with Crippen molar-refractivity contribution in [2.24, 2.45) is 0 Å². The Morgan fingerprint density at radius 2 is 0.690 bits per heavy atom. The van der Waals surface area contributed by atoms with Crippen LogP contribution in [0.2, 0.25) is 0 Å². The Balaban J connectivity index is 0.000000240. The maximum atomic E-state index is 15.4. The van der Waals surface area contributed by atoms with Crippen molar-refractivity contribution in [3.05, 3.63) is 218 Å². The fraction of sp³-hybridized carbons (Fsp3) is 0.0213. The van der Waals surface area contributed by atoms with Gasteiger partial charge in [0.05, 0.1) is 17.7 Å². The Kier molecular flexibility index (Phi) is 13.8. The molecule has 0 radical (unpaired) electrons. The monoisotopic (exact) mass is 1020 g/mol. The van der Waals surface area contributed by atoms with E-state index < -0.39 is 144 Å². The molecule has 7 aromatic carbocycles. The minimum Gasteiger partial charge on any atom is -0.405 e. The van der Waals surface area contributed by atoms with Crippen molar-refractivity contribution >= 4 is 38.9 Å². The number of nitrogens with zero attached hydrogens (tertiary/aromatic N) is 2. The molecule has 364 valence electrons.